The summed E-state index contributed by atoms with van der Waals surface area (Å²) in [6, 6.07) is 11.9. The highest BCUT2D eigenvalue weighted by Gasteiger charge is 2.33. The van der Waals surface area contributed by atoms with E-state index in [2.05, 4.69) is 32.2 Å². The Morgan fingerprint density at radius 3 is 2.41 bits per heavy atom. The minimum Gasteiger partial charge on any atom is -0.381 e. The van der Waals surface area contributed by atoms with Crippen LogP contribution in [0.3, 0.4) is 0 Å². The van der Waals surface area contributed by atoms with E-state index in [1.807, 2.05) is 12.1 Å². The van der Waals surface area contributed by atoms with Crippen molar-refractivity contribution < 1.29 is 21.6 Å². The van der Waals surface area contributed by atoms with Crippen molar-refractivity contribution in [2.24, 2.45) is 0 Å². The number of piperidine rings is 1. The van der Waals surface area contributed by atoms with Gasteiger partial charge in [-0.3, -0.25) is 14.3 Å². The molecule has 0 saturated carbocycles. The number of thiophene rings is 1. The second-order valence-electron chi connectivity index (χ2n) is 14.1. The van der Waals surface area contributed by atoms with Crippen molar-refractivity contribution in [2.75, 3.05) is 69.0 Å². The second kappa shape index (κ2) is 13.9. The molecule has 16 heteroatoms. The molecule has 4 aliphatic rings. The Morgan fingerprint density at radius 1 is 0.902 bits per heavy atom. The summed E-state index contributed by atoms with van der Waals surface area (Å²) in [5, 5.41) is 5.04. The number of piperazine rings is 1. The summed E-state index contributed by atoms with van der Waals surface area (Å²) < 4.78 is 60.0. The Balaban J connectivity index is 1.11. The SMILES string of the molecule is CS(=O)(=O)N1CCC(n2c(=O)c(-c3cc(S(=O)(=O)C4CCOCC4)cs3)cc3cnc(Nc4ccc(N5CCN6CCCC6C5)cc4)nc32)CC1. The second-order valence-corrected chi connectivity index (χ2v) is 19.2. The van der Waals surface area contributed by atoms with Crippen LogP contribution in [0.5, 0.6) is 0 Å². The summed E-state index contributed by atoms with van der Waals surface area (Å²) in [4.78, 5) is 29.7. The first kappa shape index (κ1) is 34.7. The first-order chi connectivity index (χ1) is 24.5. The number of ether oxygens (including phenoxy) is 1. The summed E-state index contributed by atoms with van der Waals surface area (Å²) in [5.41, 5.74) is 2.52. The maximum atomic E-state index is 14.4. The Labute approximate surface area is 302 Å². The molecule has 51 heavy (non-hydrogen) atoms. The molecular weight excluding hydrogens is 711 g/mol. The molecule has 0 bridgehead atoms. The molecule has 1 N–H and O–H groups in total. The van der Waals surface area contributed by atoms with E-state index in [-0.39, 0.29) is 29.6 Å². The number of hydrogen-bond donors (Lipinski definition) is 1. The number of hydrogen-bond acceptors (Lipinski definition) is 12. The number of nitrogens with one attached hydrogen (secondary N) is 1. The first-order valence-electron chi connectivity index (χ1n) is 17.7. The van der Waals surface area contributed by atoms with Gasteiger partial charge in [-0.1, -0.05) is 0 Å². The highest BCUT2D eigenvalue weighted by Crippen LogP contribution is 2.35. The van der Waals surface area contributed by atoms with Crippen LogP contribution in [0.4, 0.5) is 17.3 Å². The van der Waals surface area contributed by atoms with Gasteiger partial charge in [-0.05, 0) is 81.5 Å². The molecule has 1 aromatic carbocycles. The van der Waals surface area contributed by atoms with Gasteiger partial charge in [-0.15, -0.1) is 11.3 Å². The van der Waals surface area contributed by atoms with E-state index >= 15 is 0 Å². The van der Waals surface area contributed by atoms with Gasteiger partial charge in [0.1, 0.15) is 5.65 Å². The highest BCUT2D eigenvalue weighted by molar-refractivity contribution is 7.92. The summed E-state index contributed by atoms with van der Waals surface area (Å²) in [6.45, 7) is 5.75. The van der Waals surface area contributed by atoms with E-state index in [0.717, 1.165) is 25.3 Å². The maximum absolute atomic E-state index is 14.4. The van der Waals surface area contributed by atoms with E-state index < -0.39 is 25.1 Å². The molecule has 0 radical (unpaired) electrons. The number of nitrogens with zero attached hydrogens (tertiary/aromatic N) is 6. The lowest BCUT2D eigenvalue weighted by atomic mass is 10.0. The molecule has 3 aromatic heterocycles. The van der Waals surface area contributed by atoms with Crippen molar-refractivity contribution >= 4 is 59.6 Å². The summed E-state index contributed by atoms with van der Waals surface area (Å²) in [6.07, 6.45) is 7.16. The van der Waals surface area contributed by atoms with Gasteiger partial charge >= 0.3 is 0 Å². The number of fused-ring (bicyclic) bond motifs is 2. The quantitative estimate of drug-likeness (QED) is 0.278. The zero-order valence-electron chi connectivity index (χ0n) is 28.6. The molecule has 0 spiro atoms. The van der Waals surface area contributed by atoms with Crippen molar-refractivity contribution in [1.82, 2.24) is 23.7 Å². The fourth-order valence-corrected chi connectivity index (χ4v) is 11.9. The van der Waals surface area contributed by atoms with Crippen LogP contribution in [0.2, 0.25) is 0 Å². The minimum absolute atomic E-state index is 0.213. The smallest absolute Gasteiger partial charge is 0.261 e. The van der Waals surface area contributed by atoms with Crippen LogP contribution < -0.4 is 15.8 Å². The lowest BCUT2D eigenvalue weighted by molar-refractivity contribution is 0.0983. The average molecular weight is 754 g/mol. The van der Waals surface area contributed by atoms with Crippen molar-refractivity contribution in [3.63, 3.8) is 0 Å². The lowest BCUT2D eigenvalue weighted by Gasteiger charge is -2.38. The maximum Gasteiger partial charge on any atom is 0.261 e. The first-order valence-corrected chi connectivity index (χ1v) is 22.0. The van der Waals surface area contributed by atoms with Gasteiger partial charge in [0.25, 0.3) is 5.56 Å². The van der Waals surface area contributed by atoms with Crippen molar-refractivity contribution in [1.29, 1.82) is 0 Å². The number of aromatic nitrogens is 3. The fourth-order valence-electron chi connectivity index (χ4n) is 8.03. The van der Waals surface area contributed by atoms with E-state index in [1.54, 1.807) is 28.3 Å². The Morgan fingerprint density at radius 2 is 1.67 bits per heavy atom. The van der Waals surface area contributed by atoms with Gasteiger partial charge in [0.2, 0.25) is 16.0 Å². The van der Waals surface area contributed by atoms with Crippen LogP contribution in [0.1, 0.15) is 44.6 Å². The third-order valence-corrected chi connectivity index (χ3v) is 15.5. The van der Waals surface area contributed by atoms with Crippen LogP contribution in [0.15, 0.2) is 57.7 Å². The van der Waals surface area contributed by atoms with E-state index in [0.29, 0.717) is 72.4 Å². The third-order valence-electron chi connectivity index (χ3n) is 10.9. The highest BCUT2D eigenvalue weighted by atomic mass is 32.2. The Kier molecular flexibility index (Phi) is 9.42. The zero-order chi connectivity index (χ0) is 35.3. The molecule has 1 unspecified atom stereocenters. The molecule has 8 rings (SSSR count). The number of benzene rings is 1. The van der Waals surface area contributed by atoms with Crippen LogP contribution in [-0.2, 0) is 24.6 Å². The molecule has 7 heterocycles. The van der Waals surface area contributed by atoms with E-state index in [1.165, 1.54) is 47.0 Å². The molecule has 0 amide bonds. The topological polar surface area (TPSA) is 147 Å². The monoisotopic (exact) mass is 753 g/mol. The van der Waals surface area contributed by atoms with Gasteiger partial charge in [0.15, 0.2) is 9.84 Å². The predicted octanol–water partition coefficient (Wildman–Crippen LogP) is 4.10. The molecular formula is C35H43N7O6S3. The van der Waals surface area contributed by atoms with E-state index in [4.69, 9.17) is 9.72 Å². The molecule has 4 aliphatic heterocycles. The molecule has 4 fully saturated rings. The standard InChI is InChI=1S/C35H43N7O6S3/c1-50(44,45)41-13-8-27(9-14-41)42-33-24(19-31(34(42)43)32-20-30(23-49-32)51(46,47)29-10-17-48-18-11-29)21-36-35(38-33)37-25-4-6-26(7-5-25)40-16-15-39-12-2-3-28(39)22-40/h4-7,19-21,23,27-29H,2-3,8-18,22H2,1H3,(H,36,37,38). The van der Waals surface area contributed by atoms with Gasteiger partial charge in [0.05, 0.1) is 22.0 Å². The van der Waals surface area contributed by atoms with Gasteiger partial charge in [0, 0.05) is 91.2 Å². The van der Waals surface area contributed by atoms with E-state index in [9.17, 15) is 21.6 Å². The number of sulfone groups is 1. The molecule has 1 atom stereocenters. The number of rotatable bonds is 8. The normalized spacial score (nSPS) is 21.7. The van der Waals surface area contributed by atoms with Crippen molar-refractivity contribution in [3.05, 3.63) is 58.3 Å². The van der Waals surface area contributed by atoms with Crippen LogP contribution >= 0.6 is 11.3 Å². The summed E-state index contributed by atoms with van der Waals surface area (Å²) in [7, 11) is -6.95. The Hall–Kier alpha value is -3.41. The van der Waals surface area contributed by atoms with Gasteiger partial charge in [-0.2, -0.15) is 4.98 Å². The van der Waals surface area contributed by atoms with Crippen LogP contribution in [0, 0.1) is 0 Å². The van der Waals surface area contributed by atoms with Gasteiger partial charge in [-0.25, -0.2) is 26.1 Å². The Bertz CT molecular complexity index is 2190. The fraction of sp³-hybridized carbons (Fsp3) is 0.514. The average Bonchev–Trinajstić information content (AvgIpc) is 3.83. The lowest BCUT2D eigenvalue weighted by Crippen LogP contribution is -2.50. The molecule has 0 aliphatic carbocycles. The summed E-state index contributed by atoms with van der Waals surface area (Å²) >= 11 is 1.23. The number of anilines is 3. The largest absolute Gasteiger partial charge is 0.381 e. The summed E-state index contributed by atoms with van der Waals surface area (Å²) in [5.74, 6) is 0.338. The number of pyridine rings is 1. The van der Waals surface area contributed by atoms with Gasteiger partial charge < -0.3 is 15.0 Å². The zero-order valence-corrected chi connectivity index (χ0v) is 31.1. The molecule has 272 valence electrons. The predicted molar refractivity (Wildman–Crippen MR) is 199 cm³/mol. The molecule has 4 aromatic rings. The molecule has 4 saturated heterocycles. The van der Waals surface area contributed by atoms with Crippen molar-refractivity contribution in [3.8, 4) is 10.4 Å². The third kappa shape index (κ3) is 6.93. The molecule has 13 nitrogen and oxygen atoms in total. The minimum atomic E-state index is -3.58. The van der Waals surface area contributed by atoms with Crippen LogP contribution in [-0.4, -0.2) is 111 Å². The van der Waals surface area contributed by atoms with Crippen molar-refractivity contribution in [2.45, 2.75) is 60.8 Å². The number of sulfonamides is 1. The van der Waals surface area contributed by atoms with Crippen LogP contribution in [0.25, 0.3) is 21.5 Å².